The van der Waals surface area contributed by atoms with Crippen LogP contribution in [-0.2, 0) is 19.6 Å². The predicted octanol–water partition coefficient (Wildman–Crippen LogP) is 5.16. The molecule has 0 N–H and O–H groups in total. The summed E-state index contributed by atoms with van der Waals surface area (Å²) in [6.07, 6.45) is 1.67. The highest BCUT2D eigenvalue weighted by atomic mass is 32.2. The Morgan fingerprint density at radius 2 is 1.62 bits per heavy atom. The molecule has 6 heteroatoms. The van der Waals surface area contributed by atoms with Crippen molar-refractivity contribution in [2.24, 2.45) is 0 Å². The van der Waals surface area contributed by atoms with Gasteiger partial charge in [-0.2, -0.15) is 4.31 Å². The first-order chi connectivity index (χ1) is 15.1. The molecule has 0 spiro atoms. The smallest absolute Gasteiger partial charge is 0.336 e. The van der Waals surface area contributed by atoms with Crippen LogP contribution in [0.5, 0.6) is 0 Å². The number of fused-ring (bicyclic) bond motifs is 1. The van der Waals surface area contributed by atoms with E-state index in [9.17, 15) is 13.2 Å². The Morgan fingerprint density at radius 3 is 2.31 bits per heavy atom. The van der Waals surface area contributed by atoms with E-state index in [1.54, 1.807) is 51.1 Å². The fraction of sp³-hybridized carbons (Fsp3) is 0.269. The number of ether oxygens (including phenoxy) is 1. The van der Waals surface area contributed by atoms with Crippen LogP contribution in [0, 0.1) is 6.92 Å². The molecule has 0 aromatic heterocycles. The summed E-state index contributed by atoms with van der Waals surface area (Å²) < 4.78 is 34.3. The van der Waals surface area contributed by atoms with Gasteiger partial charge in [0.1, 0.15) is 5.60 Å². The van der Waals surface area contributed by atoms with Crippen LogP contribution in [0.25, 0.3) is 10.8 Å². The molecule has 1 heterocycles. The summed E-state index contributed by atoms with van der Waals surface area (Å²) in [7, 11) is -3.86. The highest BCUT2D eigenvalue weighted by molar-refractivity contribution is 7.89. The summed E-state index contributed by atoms with van der Waals surface area (Å²) in [5, 5.41) is 1.88. The maximum Gasteiger partial charge on any atom is 0.336 e. The fourth-order valence-corrected chi connectivity index (χ4v) is 5.51. The molecule has 166 valence electrons. The van der Waals surface area contributed by atoms with Gasteiger partial charge in [0.2, 0.25) is 10.0 Å². The highest BCUT2D eigenvalue weighted by Gasteiger charge is 2.42. The molecule has 0 aliphatic carbocycles. The van der Waals surface area contributed by atoms with Crippen molar-refractivity contribution in [3.63, 3.8) is 0 Å². The number of hydrogen-bond acceptors (Lipinski definition) is 4. The van der Waals surface area contributed by atoms with Gasteiger partial charge in [0, 0.05) is 6.54 Å². The summed E-state index contributed by atoms with van der Waals surface area (Å²) >= 11 is 0. The SMILES string of the molecule is Cc1ccc(S(=O)(=O)N2CC=C(C(=O)OC(C)(C)C)C2c2cccc3ccccc23)cc1. The standard InChI is InChI=1S/C26H27NO4S/c1-18-12-14-20(15-13-18)32(29,30)27-17-16-23(25(28)31-26(2,3)4)24(27)22-11-7-9-19-8-5-6-10-21(19)22/h5-16,24H,17H2,1-4H3. The first-order valence-corrected chi connectivity index (χ1v) is 12.0. The molecule has 1 atom stereocenters. The maximum absolute atomic E-state index is 13.7. The number of benzene rings is 3. The number of sulfonamides is 1. The number of nitrogens with zero attached hydrogens (tertiary/aromatic N) is 1. The molecular formula is C26H27NO4S. The van der Waals surface area contributed by atoms with Crippen LogP contribution in [0.2, 0.25) is 0 Å². The molecule has 0 bridgehead atoms. The lowest BCUT2D eigenvalue weighted by Crippen LogP contribution is -2.34. The molecule has 0 amide bonds. The fourth-order valence-electron chi connectivity index (χ4n) is 3.99. The van der Waals surface area contributed by atoms with Crippen molar-refractivity contribution in [2.45, 2.75) is 44.2 Å². The molecule has 3 aromatic carbocycles. The van der Waals surface area contributed by atoms with Crippen molar-refractivity contribution < 1.29 is 17.9 Å². The van der Waals surface area contributed by atoms with Gasteiger partial charge in [-0.3, -0.25) is 0 Å². The minimum absolute atomic E-state index is 0.0959. The third-order valence-corrected chi connectivity index (χ3v) is 7.30. The van der Waals surface area contributed by atoms with Gasteiger partial charge < -0.3 is 4.74 Å². The highest BCUT2D eigenvalue weighted by Crippen LogP contribution is 2.41. The number of aryl methyl sites for hydroxylation is 1. The van der Waals surface area contributed by atoms with Gasteiger partial charge in [-0.1, -0.05) is 66.2 Å². The van der Waals surface area contributed by atoms with E-state index in [4.69, 9.17) is 4.74 Å². The van der Waals surface area contributed by atoms with Gasteiger partial charge >= 0.3 is 5.97 Å². The van der Waals surface area contributed by atoms with Crippen LogP contribution in [-0.4, -0.2) is 30.8 Å². The van der Waals surface area contributed by atoms with Crippen LogP contribution in [0.1, 0.15) is 37.9 Å². The molecule has 32 heavy (non-hydrogen) atoms. The quantitative estimate of drug-likeness (QED) is 0.516. The molecule has 0 radical (unpaired) electrons. The Bertz CT molecular complexity index is 1300. The van der Waals surface area contributed by atoms with E-state index in [0.717, 1.165) is 21.9 Å². The van der Waals surface area contributed by atoms with Gasteiger partial charge in [-0.15, -0.1) is 0 Å². The van der Waals surface area contributed by atoms with Crippen molar-refractivity contribution in [1.82, 2.24) is 4.31 Å². The van der Waals surface area contributed by atoms with Crippen LogP contribution in [0.3, 0.4) is 0 Å². The van der Waals surface area contributed by atoms with E-state index < -0.39 is 27.6 Å². The number of carbonyl (C=O) groups is 1. The number of esters is 1. The zero-order chi connectivity index (χ0) is 23.1. The topological polar surface area (TPSA) is 63.7 Å². The predicted molar refractivity (Wildman–Crippen MR) is 126 cm³/mol. The van der Waals surface area contributed by atoms with Crippen LogP contribution >= 0.6 is 0 Å². The summed E-state index contributed by atoms with van der Waals surface area (Å²) in [5.41, 5.74) is 1.38. The molecule has 0 saturated heterocycles. The second-order valence-corrected chi connectivity index (χ2v) is 10.9. The van der Waals surface area contributed by atoms with Crippen LogP contribution in [0.15, 0.2) is 83.3 Å². The third kappa shape index (κ3) is 4.20. The Morgan fingerprint density at radius 1 is 0.969 bits per heavy atom. The van der Waals surface area contributed by atoms with Crippen molar-refractivity contribution >= 4 is 26.8 Å². The molecule has 1 unspecified atom stereocenters. The molecule has 0 saturated carbocycles. The first kappa shape index (κ1) is 22.2. The van der Waals surface area contributed by atoms with Gasteiger partial charge in [0.25, 0.3) is 0 Å². The monoisotopic (exact) mass is 449 g/mol. The summed E-state index contributed by atoms with van der Waals surface area (Å²) in [5.74, 6) is -0.503. The normalized spacial score (nSPS) is 17.4. The van der Waals surface area contributed by atoms with Crippen molar-refractivity contribution in [2.75, 3.05) is 6.54 Å². The molecule has 1 aliphatic rings. The largest absolute Gasteiger partial charge is 0.457 e. The summed E-state index contributed by atoms with van der Waals surface area (Å²) in [4.78, 5) is 13.3. The molecule has 3 aromatic rings. The van der Waals surface area contributed by atoms with Crippen LogP contribution in [0.4, 0.5) is 0 Å². The van der Waals surface area contributed by atoms with Gasteiger partial charge in [0.05, 0.1) is 16.5 Å². The minimum Gasteiger partial charge on any atom is -0.457 e. The van der Waals surface area contributed by atoms with E-state index in [0.29, 0.717) is 5.57 Å². The maximum atomic E-state index is 13.7. The molecular weight excluding hydrogens is 422 g/mol. The van der Waals surface area contributed by atoms with E-state index >= 15 is 0 Å². The Labute approximate surface area is 189 Å². The summed E-state index contributed by atoms with van der Waals surface area (Å²) in [6.45, 7) is 7.41. The second kappa shape index (κ2) is 8.19. The number of rotatable bonds is 4. The van der Waals surface area contributed by atoms with E-state index in [1.807, 2.05) is 49.4 Å². The lowest BCUT2D eigenvalue weighted by molar-refractivity contribution is -0.150. The molecule has 1 aliphatic heterocycles. The van der Waals surface area contributed by atoms with Crippen molar-refractivity contribution in [3.05, 3.63) is 89.5 Å². The zero-order valence-corrected chi connectivity index (χ0v) is 19.5. The summed E-state index contributed by atoms with van der Waals surface area (Å²) in [6, 6.07) is 19.5. The number of hydrogen-bond donors (Lipinski definition) is 0. The lowest BCUT2D eigenvalue weighted by Gasteiger charge is -2.29. The Kier molecular flexibility index (Phi) is 5.69. The van der Waals surface area contributed by atoms with E-state index in [-0.39, 0.29) is 11.4 Å². The van der Waals surface area contributed by atoms with E-state index in [2.05, 4.69) is 0 Å². The van der Waals surface area contributed by atoms with Gasteiger partial charge in [0.15, 0.2) is 0 Å². The third-order valence-electron chi connectivity index (χ3n) is 5.45. The second-order valence-electron chi connectivity index (χ2n) is 9.02. The zero-order valence-electron chi connectivity index (χ0n) is 18.7. The number of carbonyl (C=O) groups excluding carboxylic acids is 1. The average Bonchev–Trinajstić information content (AvgIpc) is 3.18. The molecule has 0 fully saturated rings. The van der Waals surface area contributed by atoms with Crippen molar-refractivity contribution in [1.29, 1.82) is 0 Å². The Hall–Kier alpha value is -2.96. The van der Waals surface area contributed by atoms with Gasteiger partial charge in [-0.25, -0.2) is 13.2 Å². The first-order valence-electron chi connectivity index (χ1n) is 10.6. The Balaban J connectivity index is 1.86. The van der Waals surface area contributed by atoms with E-state index in [1.165, 1.54) is 4.31 Å². The lowest BCUT2D eigenvalue weighted by atomic mass is 9.95. The average molecular weight is 450 g/mol. The van der Waals surface area contributed by atoms with Crippen molar-refractivity contribution in [3.8, 4) is 0 Å². The minimum atomic E-state index is -3.86. The van der Waals surface area contributed by atoms with Crippen LogP contribution < -0.4 is 0 Å². The van der Waals surface area contributed by atoms with Gasteiger partial charge in [-0.05, 0) is 56.2 Å². The molecule has 5 nitrogen and oxygen atoms in total. The molecule has 4 rings (SSSR count).